The van der Waals surface area contributed by atoms with Crippen LogP contribution in [0.25, 0.3) is 0 Å². The number of nitrogens with zero attached hydrogens (tertiary/aromatic N) is 1. The molecule has 0 saturated carbocycles. The zero-order valence-corrected chi connectivity index (χ0v) is 10.1. The lowest BCUT2D eigenvalue weighted by molar-refractivity contribution is 0.633. The first-order valence-electron chi connectivity index (χ1n) is 5.32. The van der Waals surface area contributed by atoms with E-state index in [2.05, 4.69) is 22.2 Å². The number of anilines is 2. The van der Waals surface area contributed by atoms with Crippen molar-refractivity contribution < 1.29 is 0 Å². The maximum atomic E-state index is 11.2. The van der Waals surface area contributed by atoms with Gasteiger partial charge in [0.1, 0.15) is 5.69 Å². The number of nitrogen functional groups attached to an aromatic ring is 1. The van der Waals surface area contributed by atoms with E-state index in [4.69, 9.17) is 5.73 Å². The molecule has 1 saturated heterocycles. The molecule has 4 N–H and O–H groups in total. The zero-order chi connectivity index (χ0) is 11.6. The van der Waals surface area contributed by atoms with Gasteiger partial charge in [-0.15, -0.1) is 0 Å². The zero-order valence-electron chi connectivity index (χ0n) is 9.25. The minimum Gasteiger partial charge on any atom is -0.391 e. The maximum Gasteiger partial charge on any atom is 0.276 e. The van der Waals surface area contributed by atoms with Crippen LogP contribution >= 0.6 is 11.8 Å². The molecule has 0 amide bonds. The molecule has 1 aromatic rings. The Kier molecular flexibility index (Phi) is 3.09. The molecule has 5 nitrogen and oxygen atoms in total. The van der Waals surface area contributed by atoms with Gasteiger partial charge in [-0.05, 0) is 25.5 Å². The Hall–Kier alpha value is -1.17. The molecule has 0 radical (unpaired) electrons. The first-order chi connectivity index (χ1) is 7.61. The minimum absolute atomic E-state index is 0.161. The van der Waals surface area contributed by atoms with Gasteiger partial charge in [0, 0.05) is 11.3 Å². The number of nitrogens with one attached hydrogen (secondary N) is 2. The number of nitrogens with two attached hydrogens (primary N) is 1. The first-order valence-corrected chi connectivity index (χ1v) is 6.30. The summed E-state index contributed by atoms with van der Waals surface area (Å²) in [5, 5.41) is 3.16. The molecule has 2 rings (SSSR count). The van der Waals surface area contributed by atoms with Crippen LogP contribution in [0.2, 0.25) is 0 Å². The molecule has 2 heterocycles. The fraction of sp³-hybridized carbons (Fsp3) is 0.600. The molecule has 0 bridgehead atoms. The number of aromatic nitrogens is 2. The van der Waals surface area contributed by atoms with E-state index in [9.17, 15) is 4.79 Å². The Morgan fingerprint density at radius 3 is 3.25 bits per heavy atom. The summed E-state index contributed by atoms with van der Waals surface area (Å²) >= 11 is 1.96. The molecule has 0 aliphatic carbocycles. The van der Waals surface area contributed by atoms with Gasteiger partial charge in [0.15, 0.2) is 5.82 Å². The Labute approximate surface area is 98.2 Å². The van der Waals surface area contributed by atoms with Gasteiger partial charge in [-0.1, -0.05) is 0 Å². The summed E-state index contributed by atoms with van der Waals surface area (Å²) in [6.07, 6.45) is 3.81. The Bertz CT molecular complexity index is 425. The van der Waals surface area contributed by atoms with Crippen LogP contribution in [0.4, 0.5) is 11.5 Å². The van der Waals surface area contributed by atoms with Gasteiger partial charge in [0.25, 0.3) is 5.56 Å². The number of aromatic amines is 1. The van der Waals surface area contributed by atoms with Crippen LogP contribution < -0.4 is 16.6 Å². The average Bonchev–Trinajstić information content (AvgIpc) is 2.68. The van der Waals surface area contributed by atoms with Crippen LogP contribution in [-0.4, -0.2) is 27.0 Å². The third kappa shape index (κ3) is 2.32. The molecule has 1 unspecified atom stereocenters. The fourth-order valence-corrected chi connectivity index (χ4v) is 3.04. The predicted molar refractivity (Wildman–Crippen MR) is 67.9 cm³/mol. The summed E-state index contributed by atoms with van der Waals surface area (Å²) in [5.74, 6) is 1.69. The fourth-order valence-electron chi connectivity index (χ4n) is 1.80. The Morgan fingerprint density at radius 1 is 1.75 bits per heavy atom. The van der Waals surface area contributed by atoms with Crippen LogP contribution in [0.1, 0.15) is 19.8 Å². The van der Waals surface area contributed by atoms with E-state index in [0.717, 1.165) is 6.54 Å². The second-order valence-corrected chi connectivity index (χ2v) is 5.93. The molecule has 16 heavy (non-hydrogen) atoms. The molecule has 1 aliphatic heterocycles. The van der Waals surface area contributed by atoms with Gasteiger partial charge < -0.3 is 16.0 Å². The molecule has 0 aromatic carbocycles. The van der Waals surface area contributed by atoms with Crippen LogP contribution in [0, 0.1) is 0 Å². The van der Waals surface area contributed by atoms with Crippen molar-refractivity contribution in [2.75, 3.05) is 23.3 Å². The van der Waals surface area contributed by atoms with Crippen molar-refractivity contribution >= 4 is 23.3 Å². The lowest BCUT2D eigenvalue weighted by atomic mass is 10.1. The van der Waals surface area contributed by atoms with Crippen molar-refractivity contribution in [3.8, 4) is 0 Å². The van der Waals surface area contributed by atoms with E-state index in [-0.39, 0.29) is 16.0 Å². The van der Waals surface area contributed by atoms with Crippen LogP contribution in [0.3, 0.4) is 0 Å². The van der Waals surface area contributed by atoms with Gasteiger partial charge >= 0.3 is 0 Å². The number of thioether (sulfide) groups is 1. The Balaban J connectivity index is 2.04. The van der Waals surface area contributed by atoms with Crippen molar-refractivity contribution in [1.29, 1.82) is 0 Å². The van der Waals surface area contributed by atoms with Gasteiger partial charge in [-0.3, -0.25) is 4.79 Å². The summed E-state index contributed by atoms with van der Waals surface area (Å²) in [6, 6.07) is 0. The van der Waals surface area contributed by atoms with E-state index in [1.54, 1.807) is 0 Å². The molecule has 1 fully saturated rings. The van der Waals surface area contributed by atoms with Crippen molar-refractivity contribution in [2.24, 2.45) is 0 Å². The lowest BCUT2D eigenvalue weighted by Gasteiger charge is -2.23. The summed E-state index contributed by atoms with van der Waals surface area (Å²) in [7, 11) is 0. The maximum absolute atomic E-state index is 11.2. The van der Waals surface area contributed by atoms with E-state index < -0.39 is 0 Å². The average molecular weight is 240 g/mol. The van der Waals surface area contributed by atoms with E-state index in [0.29, 0.717) is 5.82 Å². The van der Waals surface area contributed by atoms with Gasteiger partial charge in [0.05, 0.1) is 6.33 Å². The topological polar surface area (TPSA) is 83.8 Å². The number of rotatable bonds is 3. The van der Waals surface area contributed by atoms with Gasteiger partial charge in [-0.2, -0.15) is 11.8 Å². The third-order valence-electron chi connectivity index (χ3n) is 2.82. The second-order valence-electron chi connectivity index (χ2n) is 4.25. The third-order valence-corrected chi connectivity index (χ3v) is 4.36. The number of H-pyrrole nitrogens is 1. The molecule has 1 aliphatic rings. The van der Waals surface area contributed by atoms with Crippen LogP contribution in [0.15, 0.2) is 11.1 Å². The minimum atomic E-state index is -0.290. The van der Waals surface area contributed by atoms with Gasteiger partial charge in [0.2, 0.25) is 0 Å². The quantitative estimate of drug-likeness (QED) is 0.735. The normalized spacial score (nSPS) is 24.6. The van der Waals surface area contributed by atoms with Crippen LogP contribution in [-0.2, 0) is 0 Å². The monoisotopic (exact) mass is 240 g/mol. The molecular formula is C10H16N4OS. The number of hydrogen-bond donors (Lipinski definition) is 3. The highest BCUT2D eigenvalue weighted by molar-refractivity contribution is 8.00. The molecule has 1 aromatic heterocycles. The van der Waals surface area contributed by atoms with Crippen molar-refractivity contribution in [3.63, 3.8) is 0 Å². The first kappa shape index (κ1) is 11.3. The number of hydrogen-bond acceptors (Lipinski definition) is 5. The molecule has 0 spiro atoms. The van der Waals surface area contributed by atoms with Crippen molar-refractivity contribution in [1.82, 2.24) is 9.97 Å². The van der Waals surface area contributed by atoms with Gasteiger partial charge in [-0.25, -0.2) is 4.98 Å². The molecule has 1 atom stereocenters. The molecule has 88 valence electrons. The summed E-state index contributed by atoms with van der Waals surface area (Å²) in [4.78, 5) is 17.7. The predicted octanol–water partition coefficient (Wildman–Crippen LogP) is 1.05. The van der Waals surface area contributed by atoms with Crippen molar-refractivity contribution in [3.05, 3.63) is 16.7 Å². The smallest absolute Gasteiger partial charge is 0.276 e. The Morgan fingerprint density at radius 2 is 2.56 bits per heavy atom. The summed E-state index contributed by atoms with van der Waals surface area (Å²) in [5.41, 5.74) is 5.51. The second kappa shape index (κ2) is 4.37. The van der Waals surface area contributed by atoms with Crippen molar-refractivity contribution in [2.45, 2.75) is 24.5 Å². The van der Waals surface area contributed by atoms with Crippen LogP contribution in [0.5, 0.6) is 0 Å². The summed E-state index contributed by atoms with van der Waals surface area (Å²) < 4.78 is 0.233. The van der Waals surface area contributed by atoms with E-state index in [1.807, 2.05) is 11.8 Å². The SMILES string of the molecule is CC1(CNc2nc[nH]c(=O)c2N)CCCS1. The van der Waals surface area contributed by atoms with E-state index >= 15 is 0 Å². The largest absolute Gasteiger partial charge is 0.391 e. The molecule has 6 heteroatoms. The standard InChI is InChI=1S/C10H16N4OS/c1-10(3-2-4-16-10)5-12-8-7(11)9(15)14-6-13-8/h6H,2-5,11H2,1H3,(H2,12,13,14,15). The summed E-state index contributed by atoms with van der Waals surface area (Å²) in [6.45, 7) is 3.01. The highest BCUT2D eigenvalue weighted by Crippen LogP contribution is 2.37. The van der Waals surface area contributed by atoms with E-state index in [1.165, 1.54) is 24.9 Å². The highest BCUT2D eigenvalue weighted by Gasteiger charge is 2.29. The molecular weight excluding hydrogens is 224 g/mol. The highest BCUT2D eigenvalue weighted by atomic mass is 32.2. The lowest BCUT2D eigenvalue weighted by Crippen LogP contribution is -2.28.